The zero-order valence-electron chi connectivity index (χ0n) is 16.9. The summed E-state index contributed by atoms with van der Waals surface area (Å²) in [4.78, 5) is 15.9. The van der Waals surface area contributed by atoms with E-state index in [9.17, 15) is 9.90 Å². The number of carbonyl (C=O) groups is 1. The third kappa shape index (κ3) is 4.25. The zero-order valence-corrected chi connectivity index (χ0v) is 17.7. The second kappa shape index (κ2) is 7.76. The van der Waals surface area contributed by atoms with Gasteiger partial charge in [0.2, 0.25) is 0 Å². The van der Waals surface area contributed by atoms with E-state index in [0.717, 1.165) is 23.5 Å². The number of nitrogens with zero attached hydrogens (tertiary/aromatic N) is 1. The number of hydrogen-bond donors (Lipinski definition) is 1. The highest BCUT2D eigenvalue weighted by atomic mass is 32.1. The fourth-order valence-electron chi connectivity index (χ4n) is 2.98. The summed E-state index contributed by atoms with van der Waals surface area (Å²) < 4.78 is 6.18. The van der Waals surface area contributed by atoms with Crippen LogP contribution in [0.25, 0.3) is 10.6 Å². The van der Waals surface area contributed by atoms with E-state index in [0.29, 0.717) is 10.7 Å². The Bertz CT molecular complexity index is 998. The highest BCUT2D eigenvalue weighted by Gasteiger charge is 2.20. The number of carboxylic acid groups (broad SMARTS) is 1. The molecule has 0 aliphatic carbocycles. The number of thiazole rings is 1. The van der Waals surface area contributed by atoms with E-state index >= 15 is 0 Å². The fraction of sp³-hybridized carbons (Fsp3) is 0.304. The second-order valence-electron chi connectivity index (χ2n) is 7.80. The molecule has 0 unspecified atom stereocenters. The molecule has 28 heavy (non-hydrogen) atoms. The summed E-state index contributed by atoms with van der Waals surface area (Å²) in [6.45, 7) is 10.4. The maximum Gasteiger partial charge on any atom is 0.347 e. The first kappa shape index (κ1) is 20.1. The van der Waals surface area contributed by atoms with Crippen LogP contribution in [0.1, 0.15) is 54.2 Å². The standard InChI is InChI=1S/C23H25NO3S/c1-6-15-7-12-19(18(13-15)23(3,4)5)27-17-10-8-16(9-11-17)21-24-14(2)20(28-21)22(25)26/h7-13H,6H2,1-5H3,(H,25,26). The Morgan fingerprint density at radius 2 is 1.82 bits per heavy atom. The number of aromatic carboxylic acids is 1. The van der Waals surface area contributed by atoms with E-state index in [1.807, 2.05) is 30.3 Å². The normalized spacial score (nSPS) is 11.5. The van der Waals surface area contributed by atoms with Crippen LogP contribution >= 0.6 is 11.3 Å². The number of hydrogen-bond acceptors (Lipinski definition) is 4. The Balaban J connectivity index is 1.87. The van der Waals surface area contributed by atoms with Crippen LogP contribution in [0.4, 0.5) is 0 Å². The maximum atomic E-state index is 11.2. The van der Waals surface area contributed by atoms with Gasteiger partial charge in [-0.3, -0.25) is 0 Å². The maximum absolute atomic E-state index is 11.2. The van der Waals surface area contributed by atoms with Crippen LogP contribution in [0.5, 0.6) is 11.5 Å². The third-order valence-electron chi connectivity index (χ3n) is 4.58. The molecule has 0 amide bonds. The lowest BCUT2D eigenvalue weighted by Crippen LogP contribution is -2.13. The van der Waals surface area contributed by atoms with Gasteiger partial charge in [0.1, 0.15) is 21.4 Å². The van der Waals surface area contributed by atoms with Crippen molar-refractivity contribution in [1.82, 2.24) is 4.98 Å². The van der Waals surface area contributed by atoms with Gasteiger partial charge in [-0.1, -0.05) is 39.8 Å². The Morgan fingerprint density at radius 3 is 2.36 bits per heavy atom. The van der Waals surface area contributed by atoms with E-state index in [-0.39, 0.29) is 10.3 Å². The van der Waals surface area contributed by atoms with Crippen LogP contribution < -0.4 is 4.74 Å². The first-order valence-corrected chi connectivity index (χ1v) is 10.1. The van der Waals surface area contributed by atoms with Crippen LogP contribution in [-0.2, 0) is 11.8 Å². The minimum atomic E-state index is -0.938. The molecule has 0 radical (unpaired) electrons. The largest absolute Gasteiger partial charge is 0.477 e. The summed E-state index contributed by atoms with van der Waals surface area (Å²) in [5, 5.41) is 9.91. The van der Waals surface area contributed by atoms with Crippen molar-refractivity contribution in [3.05, 3.63) is 64.2 Å². The van der Waals surface area contributed by atoms with Gasteiger partial charge in [0.15, 0.2) is 0 Å². The molecular weight excluding hydrogens is 370 g/mol. The van der Waals surface area contributed by atoms with Gasteiger partial charge in [0, 0.05) is 11.1 Å². The monoisotopic (exact) mass is 395 g/mol. The van der Waals surface area contributed by atoms with Crippen LogP contribution in [0, 0.1) is 6.92 Å². The first-order chi connectivity index (χ1) is 13.2. The number of carboxylic acids is 1. The molecule has 1 heterocycles. The first-order valence-electron chi connectivity index (χ1n) is 9.31. The molecule has 1 N–H and O–H groups in total. The SMILES string of the molecule is CCc1ccc(Oc2ccc(-c3nc(C)c(C(=O)O)s3)cc2)c(C(C)(C)C)c1. The molecule has 3 aromatic rings. The third-order valence-corrected chi connectivity index (χ3v) is 5.77. The average molecular weight is 396 g/mol. The van der Waals surface area contributed by atoms with Crippen molar-refractivity contribution in [3.63, 3.8) is 0 Å². The van der Waals surface area contributed by atoms with Crippen molar-refractivity contribution in [2.45, 2.75) is 46.5 Å². The van der Waals surface area contributed by atoms with Crippen LogP contribution in [0.2, 0.25) is 0 Å². The topological polar surface area (TPSA) is 59.4 Å². The van der Waals surface area contributed by atoms with Gasteiger partial charge in [-0.15, -0.1) is 11.3 Å². The van der Waals surface area contributed by atoms with Crippen molar-refractivity contribution in [2.24, 2.45) is 0 Å². The van der Waals surface area contributed by atoms with Gasteiger partial charge in [0.25, 0.3) is 0 Å². The van der Waals surface area contributed by atoms with Crippen molar-refractivity contribution >= 4 is 17.3 Å². The molecule has 0 aliphatic rings. The summed E-state index contributed by atoms with van der Waals surface area (Å²) in [7, 11) is 0. The predicted octanol–water partition coefficient (Wildman–Crippen LogP) is 6.47. The minimum Gasteiger partial charge on any atom is -0.477 e. The molecule has 0 saturated heterocycles. The quantitative estimate of drug-likeness (QED) is 0.538. The zero-order chi connectivity index (χ0) is 20.5. The molecular formula is C23H25NO3S. The summed E-state index contributed by atoms with van der Waals surface area (Å²) in [5.41, 5.74) is 3.87. The summed E-state index contributed by atoms with van der Waals surface area (Å²) in [6, 6.07) is 14.0. The number of aromatic nitrogens is 1. The van der Waals surface area contributed by atoms with E-state index in [2.05, 4.69) is 44.8 Å². The minimum absolute atomic E-state index is 0.0217. The van der Waals surface area contributed by atoms with Gasteiger partial charge < -0.3 is 9.84 Å². The Hall–Kier alpha value is -2.66. The average Bonchev–Trinajstić information content (AvgIpc) is 3.04. The Morgan fingerprint density at radius 1 is 1.14 bits per heavy atom. The number of aryl methyl sites for hydroxylation is 2. The van der Waals surface area contributed by atoms with Crippen LogP contribution in [0.15, 0.2) is 42.5 Å². The lowest BCUT2D eigenvalue weighted by molar-refractivity contribution is 0.0701. The molecule has 146 valence electrons. The van der Waals surface area contributed by atoms with Gasteiger partial charge >= 0.3 is 5.97 Å². The van der Waals surface area contributed by atoms with Crippen molar-refractivity contribution in [2.75, 3.05) is 0 Å². The molecule has 0 atom stereocenters. The van der Waals surface area contributed by atoms with Gasteiger partial charge in [-0.25, -0.2) is 9.78 Å². The number of rotatable bonds is 5. The molecule has 0 saturated carbocycles. The lowest BCUT2D eigenvalue weighted by Gasteiger charge is -2.23. The van der Waals surface area contributed by atoms with Crippen molar-refractivity contribution in [1.29, 1.82) is 0 Å². The molecule has 3 rings (SSSR count). The molecule has 2 aromatic carbocycles. The molecule has 0 spiro atoms. The lowest BCUT2D eigenvalue weighted by atomic mass is 9.85. The van der Waals surface area contributed by atoms with E-state index in [4.69, 9.17) is 4.74 Å². The molecule has 0 bridgehead atoms. The van der Waals surface area contributed by atoms with Gasteiger partial charge in [0.05, 0.1) is 5.69 Å². The number of ether oxygens (including phenoxy) is 1. The molecule has 1 aromatic heterocycles. The van der Waals surface area contributed by atoms with E-state index in [1.165, 1.54) is 22.5 Å². The molecule has 5 heteroatoms. The van der Waals surface area contributed by atoms with E-state index in [1.54, 1.807) is 6.92 Å². The van der Waals surface area contributed by atoms with E-state index < -0.39 is 5.97 Å². The van der Waals surface area contributed by atoms with Crippen LogP contribution in [0.3, 0.4) is 0 Å². The highest BCUT2D eigenvalue weighted by Crippen LogP contribution is 2.36. The predicted molar refractivity (Wildman–Crippen MR) is 114 cm³/mol. The highest BCUT2D eigenvalue weighted by molar-refractivity contribution is 7.17. The fourth-order valence-corrected chi connectivity index (χ4v) is 3.89. The molecule has 4 nitrogen and oxygen atoms in total. The summed E-state index contributed by atoms with van der Waals surface area (Å²) >= 11 is 1.19. The Labute approximate surface area is 169 Å². The van der Waals surface area contributed by atoms with Gasteiger partial charge in [-0.05, 0) is 54.7 Å². The number of benzene rings is 2. The molecule has 0 aliphatic heterocycles. The van der Waals surface area contributed by atoms with Crippen molar-refractivity contribution < 1.29 is 14.6 Å². The van der Waals surface area contributed by atoms with Gasteiger partial charge in [-0.2, -0.15) is 0 Å². The van der Waals surface area contributed by atoms with Crippen LogP contribution in [-0.4, -0.2) is 16.1 Å². The Kier molecular flexibility index (Phi) is 5.57. The summed E-state index contributed by atoms with van der Waals surface area (Å²) in [5.74, 6) is 0.660. The van der Waals surface area contributed by atoms with Crippen molar-refractivity contribution in [3.8, 4) is 22.1 Å². The summed E-state index contributed by atoms with van der Waals surface area (Å²) in [6.07, 6.45) is 0.990. The second-order valence-corrected chi connectivity index (χ2v) is 8.80. The smallest absolute Gasteiger partial charge is 0.347 e. The molecule has 0 fully saturated rings.